The topological polar surface area (TPSA) is 73.9 Å². The highest BCUT2D eigenvalue weighted by molar-refractivity contribution is 5.43. The Bertz CT molecular complexity index is 556. The van der Waals surface area contributed by atoms with Gasteiger partial charge in [-0.25, -0.2) is 9.97 Å². The van der Waals surface area contributed by atoms with Crippen LogP contribution < -0.4 is 5.73 Å². The third-order valence-corrected chi connectivity index (χ3v) is 2.99. The number of nitrogens with zero attached hydrogens (tertiary/aromatic N) is 3. The highest BCUT2D eigenvalue weighted by atomic mass is 16.5. The number of rotatable bonds is 2. The molecule has 3 rings (SSSR count). The smallest absolute Gasteiger partial charge is 0.135 e. The first-order chi connectivity index (χ1) is 8.83. The van der Waals surface area contributed by atoms with Crippen molar-refractivity contribution < 1.29 is 4.74 Å². The summed E-state index contributed by atoms with van der Waals surface area (Å²) in [6, 6.07) is 3.92. The van der Waals surface area contributed by atoms with Gasteiger partial charge in [-0.2, -0.15) is 0 Å². The molecule has 0 aliphatic carbocycles. The molecule has 1 aliphatic heterocycles. The van der Waals surface area contributed by atoms with Gasteiger partial charge in [0, 0.05) is 30.8 Å². The highest BCUT2D eigenvalue weighted by Gasteiger charge is 2.16. The number of nitrogen functional groups attached to an aromatic ring is 1. The zero-order valence-corrected chi connectivity index (χ0v) is 9.97. The number of pyridine rings is 1. The zero-order chi connectivity index (χ0) is 12.4. The van der Waals surface area contributed by atoms with E-state index in [1.807, 2.05) is 18.3 Å². The van der Waals surface area contributed by atoms with Crippen LogP contribution in [0.15, 0.2) is 24.5 Å². The molecule has 2 aromatic rings. The molecule has 0 amide bonds. The van der Waals surface area contributed by atoms with Gasteiger partial charge in [-0.3, -0.25) is 4.98 Å². The predicted octanol–water partition coefficient (Wildman–Crippen LogP) is 1.12. The molecule has 0 aromatic carbocycles. The van der Waals surface area contributed by atoms with Gasteiger partial charge in [0.15, 0.2) is 0 Å². The van der Waals surface area contributed by atoms with E-state index in [0.29, 0.717) is 25.5 Å². The second kappa shape index (κ2) is 4.70. The molecule has 0 bridgehead atoms. The summed E-state index contributed by atoms with van der Waals surface area (Å²) in [6.07, 6.45) is 5.04. The first kappa shape index (κ1) is 11.1. The summed E-state index contributed by atoms with van der Waals surface area (Å²) in [6.45, 7) is 1.23. The van der Waals surface area contributed by atoms with Crippen LogP contribution in [0.3, 0.4) is 0 Å². The molecular weight excluding hydrogens is 228 g/mol. The minimum Gasteiger partial charge on any atom is -0.383 e. The number of hydrogen-bond acceptors (Lipinski definition) is 5. The minimum absolute atomic E-state index is 0.522. The van der Waals surface area contributed by atoms with E-state index in [-0.39, 0.29) is 0 Å². The number of ether oxygens (including phenoxy) is 1. The van der Waals surface area contributed by atoms with E-state index in [4.69, 9.17) is 10.5 Å². The van der Waals surface area contributed by atoms with Crippen molar-refractivity contribution in [2.75, 3.05) is 12.3 Å². The normalized spacial score (nSPS) is 14.2. The maximum absolute atomic E-state index is 5.95. The van der Waals surface area contributed by atoms with Crippen molar-refractivity contribution >= 4 is 5.82 Å². The molecule has 5 nitrogen and oxygen atoms in total. The van der Waals surface area contributed by atoms with Crippen molar-refractivity contribution in [1.29, 1.82) is 0 Å². The van der Waals surface area contributed by atoms with E-state index in [1.165, 1.54) is 0 Å². The third kappa shape index (κ3) is 2.17. The van der Waals surface area contributed by atoms with Crippen LogP contribution in [0.2, 0.25) is 0 Å². The summed E-state index contributed by atoms with van der Waals surface area (Å²) >= 11 is 0. The van der Waals surface area contributed by atoms with E-state index in [1.54, 1.807) is 6.20 Å². The lowest BCUT2D eigenvalue weighted by Crippen LogP contribution is -2.17. The Morgan fingerprint density at radius 1 is 1.33 bits per heavy atom. The summed E-state index contributed by atoms with van der Waals surface area (Å²) in [5, 5.41) is 0. The Kier molecular flexibility index (Phi) is 2.90. The number of hydrogen-bond donors (Lipinski definition) is 1. The number of aromatic nitrogens is 3. The predicted molar refractivity (Wildman–Crippen MR) is 66.8 cm³/mol. The second-order valence-corrected chi connectivity index (χ2v) is 4.29. The summed E-state index contributed by atoms with van der Waals surface area (Å²) < 4.78 is 5.36. The van der Waals surface area contributed by atoms with Gasteiger partial charge in [0.1, 0.15) is 11.6 Å². The van der Waals surface area contributed by atoms with Crippen molar-refractivity contribution in [1.82, 2.24) is 15.0 Å². The Labute approximate surface area is 105 Å². The molecule has 3 heterocycles. The Balaban J connectivity index is 1.91. The Morgan fingerprint density at radius 2 is 2.28 bits per heavy atom. The van der Waals surface area contributed by atoms with Crippen LogP contribution in [-0.4, -0.2) is 21.6 Å². The molecule has 92 valence electrons. The molecule has 0 saturated carbocycles. The SMILES string of the molecule is Nc1nc(Cc2cccnc2)nc2c1COCC2. The summed E-state index contributed by atoms with van der Waals surface area (Å²) in [5.41, 5.74) is 9.00. The minimum atomic E-state index is 0.522. The van der Waals surface area contributed by atoms with Gasteiger partial charge in [0.05, 0.1) is 18.9 Å². The standard InChI is InChI=1S/C13H14N4O/c14-13-10-8-18-5-3-11(10)16-12(17-13)6-9-2-1-4-15-7-9/h1-2,4,7H,3,5-6,8H2,(H2,14,16,17). The van der Waals surface area contributed by atoms with Crippen LogP contribution in [0, 0.1) is 0 Å². The van der Waals surface area contributed by atoms with Crippen LogP contribution in [-0.2, 0) is 24.2 Å². The van der Waals surface area contributed by atoms with Crippen LogP contribution in [0.25, 0.3) is 0 Å². The molecule has 18 heavy (non-hydrogen) atoms. The summed E-state index contributed by atoms with van der Waals surface area (Å²) in [5.74, 6) is 1.29. The molecule has 2 aromatic heterocycles. The van der Waals surface area contributed by atoms with Crippen LogP contribution >= 0.6 is 0 Å². The van der Waals surface area contributed by atoms with Gasteiger partial charge in [-0.15, -0.1) is 0 Å². The number of nitrogens with two attached hydrogens (primary N) is 1. The molecule has 2 N–H and O–H groups in total. The van der Waals surface area contributed by atoms with E-state index < -0.39 is 0 Å². The average Bonchev–Trinajstić information content (AvgIpc) is 2.40. The molecule has 0 fully saturated rings. The van der Waals surface area contributed by atoms with Gasteiger partial charge >= 0.3 is 0 Å². The fourth-order valence-electron chi connectivity index (χ4n) is 2.07. The van der Waals surface area contributed by atoms with Gasteiger partial charge in [0.2, 0.25) is 0 Å². The largest absolute Gasteiger partial charge is 0.383 e. The van der Waals surface area contributed by atoms with Crippen molar-refractivity contribution in [2.45, 2.75) is 19.4 Å². The Hall–Kier alpha value is -2.01. The van der Waals surface area contributed by atoms with E-state index in [0.717, 1.165) is 29.1 Å². The maximum Gasteiger partial charge on any atom is 0.135 e. The fourth-order valence-corrected chi connectivity index (χ4v) is 2.07. The summed E-state index contributed by atoms with van der Waals surface area (Å²) in [7, 11) is 0. The number of fused-ring (bicyclic) bond motifs is 1. The number of anilines is 1. The molecule has 0 unspecified atom stereocenters. The lowest BCUT2D eigenvalue weighted by molar-refractivity contribution is 0.109. The molecule has 0 radical (unpaired) electrons. The van der Waals surface area contributed by atoms with E-state index in [2.05, 4.69) is 15.0 Å². The Morgan fingerprint density at radius 3 is 3.11 bits per heavy atom. The first-order valence-corrected chi connectivity index (χ1v) is 5.94. The quantitative estimate of drug-likeness (QED) is 0.854. The molecule has 5 heteroatoms. The molecule has 0 atom stereocenters. The zero-order valence-electron chi connectivity index (χ0n) is 9.97. The average molecular weight is 242 g/mol. The fraction of sp³-hybridized carbons (Fsp3) is 0.308. The highest BCUT2D eigenvalue weighted by Crippen LogP contribution is 2.20. The first-order valence-electron chi connectivity index (χ1n) is 5.94. The second-order valence-electron chi connectivity index (χ2n) is 4.29. The maximum atomic E-state index is 5.95. The van der Waals surface area contributed by atoms with Crippen LogP contribution in [0.4, 0.5) is 5.82 Å². The van der Waals surface area contributed by atoms with Crippen LogP contribution in [0.5, 0.6) is 0 Å². The van der Waals surface area contributed by atoms with E-state index >= 15 is 0 Å². The lowest BCUT2D eigenvalue weighted by Gasteiger charge is -2.17. The van der Waals surface area contributed by atoms with Gasteiger partial charge in [0.25, 0.3) is 0 Å². The molecule has 0 saturated heterocycles. The monoisotopic (exact) mass is 242 g/mol. The van der Waals surface area contributed by atoms with Crippen LogP contribution in [0.1, 0.15) is 22.6 Å². The third-order valence-electron chi connectivity index (χ3n) is 2.99. The van der Waals surface area contributed by atoms with Crippen molar-refractivity contribution in [3.63, 3.8) is 0 Å². The lowest BCUT2D eigenvalue weighted by atomic mass is 10.1. The van der Waals surface area contributed by atoms with Crippen molar-refractivity contribution in [3.8, 4) is 0 Å². The van der Waals surface area contributed by atoms with E-state index in [9.17, 15) is 0 Å². The molecular formula is C13H14N4O. The van der Waals surface area contributed by atoms with Crippen molar-refractivity contribution in [3.05, 3.63) is 47.2 Å². The molecule has 0 spiro atoms. The summed E-state index contributed by atoms with van der Waals surface area (Å²) in [4.78, 5) is 13.0. The van der Waals surface area contributed by atoms with Crippen molar-refractivity contribution in [2.24, 2.45) is 0 Å². The van der Waals surface area contributed by atoms with Gasteiger partial charge < -0.3 is 10.5 Å². The molecule has 1 aliphatic rings. The van der Waals surface area contributed by atoms with Gasteiger partial charge in [-0.05, 0) is 11.6 Å². The van der Waals surface area contributed by atoms with Gasteiger partial charge in [-0.1, -0.05) is 6.07 Å².